The van der Waals surface area contributed by atoms with Crippen LogP contribution >= 0.6 is 23.1 Å². The molecule has 1 aromatic carbocycles. The van der Waals surface area contributed by atoms with Gasteiger partial charge in [-0.05, 0) is 19.1 Å². The minimum atomic E-state index is -0.242. The Bertz CT molecular complexity index is 554. The van der Waals surface area contributed by atoms with E-state index in [1.54, 1.807) is 0 Å². The van der Waals surface area contributed by atoms with Gasteiger partial charge in [-0.1, -0.05) is 40.8 Å². The average molecular weight is 295 g/mol. The molecule has 2 rings (SSSR count). The van der Waals surface area contributed by atoms with Crippen LogP contribution in [0, 0.1) is 6.92 Å². The van der Waals surface area contributed by atoms with E-state index in [1.807, 2.05) is 31.2 Å². The molecule has 0 aliphatic heterocycles. The number of benzene rings is 1. The Labute approximate surface area is 118 Å². The smallest absolute Gasteiger partial charge is 0.244 e. The Morgan fingerprint density at radius 2 is 2.11 bits per heavy atom. The summed E-state index contributed by atoms with van der Waals surface area (Å²) in [7, 11) is 0. The molecule has 0 aliphatic carbocycles. The van der Waals surface area contributed by atoms with Gasteiger partial charge in [-0.25, -0.2) is 5.84 Å². The summed E-state index contributed by atoms with van der Waals surface area (Å²) in [5, 5.41) is 11.8. The van der Waals surface area contributed by atoms with E-state index in [1.165, 1.54) is 28.7 Å². The second-order valence-electron chi connectivity index (χ2n) is 3.72. The van der Waals surface area contributed by atoms with Crippen molar-refractivity contribution in [1.82, 2.24) is 15.6 Å². The number of nitrogens with zero attached hydrogens (tertiary/aromatic N) is 2. The van der Waals surface area contributed by atoms with Gasteiger partial charge < -0.3 is 5.32 Å². The molecule has 0 radical (unpaired) electrons. The summed E-state index contributed by atoms with van der Waals surface area (Å²) >= 11 is 2.69. The Morgan fingerprint density at radius 1 is 1.37 bits per heavy atom. The number of aromatic nitrogens is 2. The molecule has 6 nitrogen and oxygen atoms in total. The van der Waals surface area contributed by atoms with Crippen LogP contribution in [0.3, 0.4) is 0 Å². The number of hydrazine groups is 1. The van der Waals surface area contributed by atoms with Crippen molar-refractivity contribution in [3.8, 4) is 0 Å². The van der Waals surface area contributed by atoms with E-state index in [-0.39, 0.29) is 11.7 Å². The molecule has 0 bridgehead atoms. The van der Waals surface area contributed by atoms with Gasteiger partial charge in [0.15, 0.2) is 4.34 Å². The fourth-order valence-electron chi connectivity index (χ4n) is 1.25. The van der Waals surface area contributed by atoms with Gasteiger partial charge in [-0.15, -0.1) is 10.2 Å². The van der Waals surface area contributed by atoms with Crippen LogP contribution in [0.4, 0.5) is 10.8 Å². The third-order valence-electron chi connectivity index (χ3n) is 2.20. The molecule has 4 N–H and O–H groups in total. The van der Waals surface area contributed by atoms with E-state index in [9.17, 15) is 4.79 Å². The quantitative estimate of drug-likeness (QED) is 0.336. The number of carbonyl (C=O) groups excluding carboxylic acids is 1. The van der Waals surface area contributed by atoms with Crippen molar-refractivity contribution in [2.45, 2.75) is 11.3 Å². The van der Waals surface area contributed by atoms with Gasteiger partial charge in [0.1, 0.15) is 0 Å². The Balaban J connectivity index is 1.93. The number of carbonyl (C=O) groups is 1. The van der Waals surface area contributed by atoms with Crippen molar-refractivity contribution in [2.75, 3.05) is 11.1 Å². The van der Waals surface area contributed by atoms with Gasteiger partial charge in [0.25, 0.3) is 0 Å². The molecule has 0 aliphatic rings. The average Bonchev–Trinajstić information content (AvgIpc) is 2.86. The fourth-order valence-corrected chi connectivity index (χ4v) is 2.83. The second kappa shape index (κ2) is 6.50. The van der Waals surface area contributed by atoms with Crippen LogP contribution in [0.5, 0.6) is 0 Å². The van der Waals surface area contributed by atoms with E-state index in [2.05, 4.69) is 20.9 Å². The molecular weight excluding hydrogens is 282 g/mol. The highest BCUT2D eigenvalue weighted by Crippen LogP contribution is 2.27. The number of rotatable bonds is 5. The lowest BCUT2D eigenvalue weighted by Crippen LogP contribution is -2.31. The number of hydrogen-bond acceptors (Lipinski definition) is 7. The van der Waals surface area contributed by atoms with Crippen molar-refractivity contribution in [3.05, 3.63) is 29.8 Å². The maximum atomic E-state index is 11.0. The monoisotopic (exact) mass is 295 g/mol. The largest absolute Gasteiger partial charge is 0.330 e. The number of aryl methyl sites for hydroxylation is 1. The Kier molecular flexibility index (Phi) is 4.72. The van der Waals surface area contributed by atoms with Crippen molar-refractivity contribution >= 4 is 39.8 Å². The van der Waals surface area contributed by atoms with Gasteiger partial charge in [0.05, 0.1) is 5.75 Å². The number of hydrogen-bond donors (Lipinski definition) is 3. The summed E-state index contributed by atoms with van der Waals surface area (Å²) < 4.78 is 0.721. The summed E-state index contributed by atoms with van der Waals surface area (Å²) in [4.78, 5) is 11.0. The second-order valence-corrected chi connectivity index (χ2v) is 5.92. The number of amides is 1. The predicted octanol–water partition coefficient (Wildman–Crippen LogP) is 1.67. The number of nitrogens with one attached hydrogen (secondary N) is 2. The van der Waals surface area contributed by atoms with Gasteiger partial charge >= 0.3 is 0 Å². The van der Waals surface area contributed by atoms with Crippen LogP contribution in [-0.4, -0.2) is 21.9 Å². The van der Waals surface area contributed by atoms with Crippen molar-refractivity contribution in [2.24, 2.45) is 5.84 Å². The van der Waals surface area contributed by atoms with Crippen LogP contribution < -0.4 is 16.6 Å². The lowest BCUT2D eigenvalue weighted by molar-refractivity contribution is -0.118. The van der Waals surface area contributed by atoms with Crippen molar-refractivity contribution < 1.29 is 4.79 Å². The summed E-state index contributed by atoms with van der Waals surface area (Å²) in [6, 6.07) is 7.99. The zero-order valence-corrected chi connectivity index (χ0v) is 11.8. The summed E-state index contributed by atoms with van der Waals surface area (Å²) in [6.45, 7) is 2.03. The van der Waals surface area contributed by atoms with Gasteiger partial charge in [-0.3, -0.25) is 10.2 Å². The first kappa shape index (κ1) is 13.8. The fraction of sp³-hybridized carbons (Fsp3) is 0.182. The van der Waals surface area contributed by atoms with Gasteiger partial charge in [0.2, 0.25) is 11.0 Å². The molecule has 1 aromatic heterocycles. The van der Waals surface area contributed by atoms with Gasteiger partial charge in [0, 0.05) is 5.69 Å². The molecule has 0 saturated heterocycles. The molecule has 0 spiro atoms. The first-order valence-electron chi connectivity index (χ1n) is 5.47. The molecule has 100 valence electrons. The van der Waals surface area contributed by atoms with Crippen LogP contribution in [0.2, 0.25) is 0 Å². The van der Waals surface area contributed by atoms with Crippen molar-refractivity contribution in [3.63, 3.8) is 0 Å². The normalized spacial score (nSPS) is 10.2. The number of anilines is 2. The number of thioether (sulfide) groups is 1. The third kappa shape index (κ3) is 4.19. The highest BCUT2D eigenvalue weighted by Gasteiger charge is 2.07. The molecule has 19 heavy (non-hydrogen) atoms. The molecule has 1 heterocycles. The van der Waals surface area contributed by atoms with E-state index >= 15 is 0 Å². The minimum Gasteiger partial charge on any atom is -0.330 e. The van der Waals surface area contributed by atoms with E-state index in [4.69, 9.17) is 5.84 Å². The SMILES string of the molecule is Cc1ccc(Nc2nnc(SCC(=O)NN)s2)cc1. The topological polar surface area (TPSA) is 92.9 Å². The molecule has 2 aromatic rings. The van der Waals surface area contributed by atoms with E-state index < -0.39 is 0 Å². The Hall–Kier alpha value is -1.64. The van der Waals surface area contributed by atoms with E-state index in [0.29, 0.717) is 5.13 Å². The van der Waals surface area contributed by atoms with Crippen molar-refractivity contribution in [1.29, 1.82) is 0 Å². The predicted molar refractivity (Wildman–Crippen MR) is 77.4 cm³/mol. The molecular formula is C11H13N5OS2. The van der Waals surface area contributed by atoms with Crippen LogP contribution in [0.15, 0.2) is 28.6 Å². The molecule has 0 saturated carbocycles. The molecule has 0 unspecified atom stereocenters. The summed E-state index contributed by atoms with van der Waals surface area (Å²) in [6.07, 6.45) is 0. The number of nitrogens with two attached hydrogens (primary N) is 1. The maximum Gasteiger partial charge on any atom is 0.244 e. The molecule has 8 heteroatoms. The lowest BCUT2D eigenvalue weighted by Gasteiger charge is -2.01. The molecule has 0 fully saturated rings. The van der Waals surface area contributed by atoms with E-state index in [0.717, 1.165) is 10.0 Å². The van der Waals surface area contributed by atoms with Gasteiger partial charge in [-0.2, -0.15) is 0 Å². The molecule has 1 amide bonds. The first-order chi connectivity index (χ1) is 9.17. The standard InChI is InChI=1S/C11H13N5OS2/c1-7-2-4-8(5-3-7)13-10-15-16-11(19-10)18-6-9(17)14-12/h2-5H,6,12H2,1H3,(H,13,15)(H,14,17). The highest BCUT2D eigenvalue weighted by atomic mass is 32.2. The van der Waals surface area contributed by atoms with Crippen LogP contribution in [0.25, 0.3) is 0 Å². The lowest BCUT2D eigenvalue weighted by atomic mass is 10.2. The van der Waals surface area contributed by atoms with Crippen LogP contribution in [-0.2, 0) is 4.79 Å². The minimum absolute atomic E-state index is 0.232. The summed E-state index contributed by atoms with van der Waals surface area (Å²) in [5.74, 6) is 4.99. The third-order valence-corrected chi connectivity index (χ3v) is 4.17. The first-order valence-corrected chi connectivity index (χ1v) is 7.27. The molecule has 0 atom stereocenters. The maximum absolute atomic E-state index is 11.0. The van der Waals surface area contributed by atoms with Crippen LogP contribution in [0.1, 0.15) is 5.56 Å². The zero-order chi connectivity index (χ0) is 13.7. The Morgan fingerprint density at radius 3 is 2.79 bits per heavy atom. The zero-order valence-electron chi connectivity index (χ0n) is 10.2. The summed E-state index contributed by atoms with van der Waals surface area (Å²) in [5.41, 5.74) is 4.23. The highest BCUT2D eigenvalue weighted by molar-refractivity contribution is 8.01.